The molecule has 3 aromatic carbocycles. The number of para-hydroxylation sites is 1. The highest BCUT2D eigenvalue weighted by Crippen LogP contribution is 2.31. The van der Waals surface area contributed by atoms with Gasteiger partial charge in [0.25, 0.3) is 0 Å². The van der Waals surface area contributed by atoms with E-state index in [0.717, 1.165) is 47.4 Å². The van der Waals surface area contributed by atoms with Crippen molar-refractivity contribution in [1.82, 2.24) is 19.2 Å². The van der Waals surface area contributed by atoms with Crippen molar-refractivity contribution in [1.29, 1.82) is 0 Å². The van der Waals surface area contributed by atoms with Crippen molar-refractivity contribution in [3.8, 4) is 0 Å². The van der Waals surface area contributed by atoms with E-state index in [4.69, 9.17) is 9.97 Å². The molecule has 210 valence electrons. The molecule has 1 fully saturated rings. The summed E-state index contributed by atoms with van der Waals surface area (Å²) in [5.74, 6) is 1.40. The Balaban J connectivity index is 1.27. The highest BCUT2D eigenvalue weighted by Gasteiger charge is 2.33. The number of piperazine rings is 1. The average Bonchev–Trinajstić information content (AvgIpc) is 2.97. The average molecular weight is 570 g/mol. The van der Waals surface area contributed by atoms with Gasteiger partial charge in [-0.3, -0.25) is 4.90 Å². The first-order valence-electron chi connectivity index (χ1n) is 13.1. The van der Waals surface area contributed by atoms with Gasteiger partial charge in [0.15, 0.2) is 0 Å². The Labute approximate surface area is 231 Å². The topological polar surface area (TPSA) is 78.4 Å². The first kappa shape index (κ1) is 28.0. The number of benzene rings is 3. The monoisotopic (exact) mass is 569 g/mol. The molecule has 11 heteroatoms. The summed E-state index contributed by atoms with van der Waals surface area (Å²) in [5, 5.41) is 4.39. The molecule has 0 bridgehead atoms. The molecule has 1 atom stereocenters. The molecule has 4 aromatic rings. The molecule has 1 aromatic heterocycles. The van der Waals surface area contributed by atoms with E-state index in [1.54, 1.807) is 0 Å². The van der Waals surface area contributed by atoms with E-state index in [1.165, 1.54) is 9.87 Å². The normalized spacial score (nSPS) is 16.2. The van der Waals surface area contributed by atoms with E-state index in [1.807, 2.05) is 49.4 Å². The number of aromatic nitrogens is 2. The van der Waals surface area contributed by atoms with Crippen LogP contribution in [0.25, 0.3) is 10.9 Å². The second-order valence-electron chi connectivity index (χ2n) is 9.75. The molecule has 1 aliphatic heterocycles. The summed E-state index contributed by atoms with van der Waals surface area (Å²) in [6.45, 7) is 4.01. The number of fused-ring (bicyclic) bond motifs is 1. The van der Waals surface area contributed by atoms with Gasteiger partial charge in [0.1, 0.15) is 11.6 Å². The highest BCUT2D eigenvalue weighted by atomic mass is 32.2. The first-order chi connectivity index (χ1) is 19.1. The second kappa shape index (κ2) is 11.5. The Morgan fingerprint density at radius 3 is 2.20 bits per heavy atom. The molecule has 0 aliphatic carbocycles. The number of hydrogen-bond donors (Lipinski definition) is 1. The summed E-state index contributed by atoms with van der Waals surface area (Å²) in [6.07, 6.45) is -3.68. The summed E-state index contributed by atoms with van der Waals surface area (Å²) < 4.78 is 66.2. The molecule has 1 saturated heterocycles. The summed E-state index contributed by atoms with van der Waals surface area (Å²) in [7, 11) is -3.91. The van der Waals surface area contributed by atoms with Crippen molar-refractivity contribution in [3.63, 3.8) is 0 Å². The van der Waals surface area contributed by atoms with Crippen molar-refractivity contribution in [2.24, 2.45) is 0 Å². The predicted octanol–water partition coefficient (Wildman–Crippen LogP) is 5.37. The number of anilines is 1. The largest absolute Gasteiger partial charge is 0.416 e. The first-order valence-corrected chi connectivity index (χ1v) is 14.5. The van der Waals surface area contributed by atoms with Gasteiger partial charge in [-0.15, -0.1) is 0 Å². The predicted molar refractivity (Wildman–Crippen MR) is 148 cm³/mol. The van der Waals surface area contributed by atoms with Gasteiger partial charge in [-0.1, -0.05) is 42.5 Å². The summed E-state index contributed by atoms with van der Waals surface area (Å²) >= 11 is 0. The van der Waals surface area contributed by atoms with E-state index in [0.29, 0.717) is 25.5 Å². The molecule has 40 heavy (non-hydrogen) atoms. The van der Waals surface area contributed by atoms with Crippen LogP contribution >= 0.6 is 0 Å². The third-order valence-corrected chi connectivity index (χ3v) is 9.10. The fourth-order valence-electron chi connectivity index (χ4n) is 4.85. The fourth-order valence-corrected chi connectivity index (χ4v) is 6.27. The molecule has 1 N–H and O–H groups in total. The van der Waals surface area contributed by atoms with Crippen molar-refractivity contribution < 1.29 is 21.6 Å². The number of halogens is 3. The molecular formula is C29H30F3N5O2S. The highest BCUT2D eigenvalue weighted by molar-refractivity contribution is 7.89. The number of nitrogens with one attached hydrogen (secondary N) is 1. The van der Waals surface area contributed by atoms with Gasteiger partial charge < -0.3 is 5.32 Å². The molecule has 0 radical (unpaired) electrons. The Morgan fingerprint density at radius 2 is 1.52 bits per heavy atom. The fraction of sp³-hybridized carbons (Fsp3) is 0.310. The zero-order valence-corrected chi connectivity index (χ0v) is 22.8. The summed E-state index contributed by atoms with van der Waals surface area (Å²) in [4.78, 5) is 11.6. The zero-order chi connectivity index (χ0) is 28.3. The Hall–Kier alpha value is -3.54. The van der Waals surface area contributed by atoms with E-state index in [9.17, 15) is 21.6 Å². The van der Waals surface area contributed by atoms with Gasteiger partial charge in [-0.05, 0) is 55.3 Å². The number of sulfonamides is 1. The number of nitrogens with zero attached hydrogens (tertiary/aromatic N) is 4. The van der Waals surface area contributed by atoms with E-state index >= 15 is 0 Å². The van der Waals surface area contributed by atoms with Crippen LogP contribution in [0.1, 0.15) is 29.9 Å². The maximum atomic E-state index is 13.1. The minimum Gasteiger partial charge on any atom is -0.369 e. The van der Waals surface area contributed by atoms with Crippen molar-refractivity contribution in [3.05, 3.63) is 95.8 Å². The molecule has 0 spiro atoms. The summed E-state index contributed by atoms with van der Waals surface area (Å²) in [6, 6.07) is 21.5. The van der Waals surface area contributed by atoms with Crippen LogP contribution in [0, 0.1) is 0 Å². The van der Waals surface area contributed by atoms with Gasteiger partial charge in [0.05, 0.1) is 22.0 Å². The van der Waals surface area contributed by atoms with Gasteiger partial charge >= 0.3 is 6.18 Å². The van der Waals surface area contributed by atoms with Gasteiger partial charge in [-0.25, -0.2) is 18.4 Å². The second-order valence-corrected chi connectivity index (χ2v) is 11.7. The molecule has 2 heterocycles. The summed E-state index contributed by atoms with van der Waals surface area (Å²) in [5.41, 5.74) is 1.17. The Bertz CT molecular complexity index is 1560. The number of hydrogen-bond acceptors (Lipinski definition) is 6. The smallest absolute Gasteiger partial charge is 0.369 e. The van der Waals surface area contributed by atoms with E-state index in [-0.39, 0.29) is 24.0 Å². The van der Waals surface area contributed by atoms with Crippen LogP contribution in [-0.2, 0) is 22.6 Å². The molecule has 1 aliphatic rings. The van der Waals surface area contributed by atoms with Gasteiger partial charge in [0, 0.05) is 38.1 Å². The third-order valence-electron chi connectivity index (χ3n) is 7.18. The lowest BCUT2D eigenvalue weighted by Gasteiger charge is -2.37. The minimum atomic E-state index is -4.52. The molecule has 0 saturated carbocycles. The maximum absolute atomic E-state index is 13.1. The van der Waals surface area contributed by atoms with Crippen LogP contribution < -0.4 is 5.32 Å². The number of alkyl halides is 3. The standard InChI is InChI=1S/C29H30F3N5O2S/c1-21(36-17-19-37(20-18-36)40(38,39)24-13-11-23(12-14-24)29(30,31)32)27-34-26-10-6-5-9-25(26)28(35-27)33-16-15-22-7-3-2-4-8-22/h2-14,21H,15-20H2,1H3,(H,33,34,35). The van der Waals surface area contributed by atoms with Gasteiger partial charge in [-0.2, -0.15) is 17.5 Å². The molecular weight excluding hydrogens is 539 g/mol. The zero-order valence-electron chi connectivity index (χ0n) is 22.0. The molecule has 5 rings (SSSR count). The van der Waals surface area contributed by atoms with Crippen molar-refractivity contribution >= 4 is 26.7 Å². The lowest BCUT2D eigenvalue weighted by atomic mass is 10.1. The lowest BCUT2D eigenvalue weighted by molar-refractivity contribution is -0.137. The Morgan fingerprint density at radius 1 is 0.875 bits per heavy atom. The molecule has 1 unspecified atom stereocenters. The Kier molecular flexibility index (Phi) is 8.07. The van der Waals surface area contributed by atoms with E-state index < -0.39 is 21.8 Å². The lowest BCUT2D eigenvalue weighted by Crippen LogP contribution is -2.49. The van der Waals surface area contributed by atoms with Crippen molar-refractivity contribution in [2.45, 2.75) is 30.5 Å². The van der Waals surface area contributed by atoms with Crippen LogP contribution in [0.5, 0.6) is 0 Å². The van der Waals surface area contributed by atoms with Gasteiger partial charge in [0.2, 0.25) is 10.0 Å². The van der Waals surface area contributed by atoms with Crippen LogP contribution in [0.2, 0.25) is 0 Å². The van der Waals surface area contributed by atoms with Crippen LogP contribution in [0.3, 0.4) is 0 Å². The molecule has 0 amide bonds. The number of rotatable bonds is 8. The van der Waals surface area contributed by atoms with Crippen LogP contribution in [0.15, 0.2) is 83.8 Å². The maximum Gasteiger partial charge on any atom is 0.416 e. The SMILES string of the molecule is CC(c1nc(NCCc2ccccc2)c2ccccc2n1)N1CCN(S(=O)(=O)c2ccc(C(F)(F)F)cc2)CC1. The van der Waals surface area contributed by atoms with Crippen LogP contribution in [-0.4, -0.2) is 60.3 Å². The van der Waals surface area contributed by atoms with E-state index in [2.05, 4.69) is 22.3 Å². The minimum absolute atomic E-state index is 0.147. The molecule has 7 nitrogen and oxygen atoms in total. The third kappa shape index (κ3) is 6.11. The van der Waals surface area contributed by atoms with Crippen LogP contribution in [0.4, 0.5) is 19.0 Å². The van der Waals surface area contributed by atoms with Crippen molar-refractivity contribution in [2.75, 3.05) is 38.0 Å². The quantitative estimate of drug-likeness (QED) is 0.308.